The molecule has 13 heavy (non-hydrogen) atoms. The molecule has 0 aliphatic heterocycles. The zero-order valence-electron chi connectivity index (χ0n) is 6.83. The fourth-order valence-corrected chi connectivity index (χ4v) is 0.893. The van der Waals surface area contributed by atoms with Crippen LogP contribution in [0.25, 0.3) is 0 Å². The zero-order chi connectivity index (χ0) is 9.84. The van der Waals surface area contributed by atoms with Crippen LogP contribution < -0.4 is 5.56 Å². The SMILES string of the molecule is CCOC(=O)c1cc(Cl)n[nH]c1=O. The molecule has 5 nitrogen and oxygen atoms in total. The van der Waals surface area contributed by atoms with Gasteiger partial charge >= 0.3 is 5.97 Å². The maximum atomic E-state index is 11.1. The Bertz CT molecular complexity index is 374. The van der Waals surface area contributed by atoms with E-state index in [1.54, 1.807) is 6.92 Å². The first-order valence-electron chi connectivity index (χ1n) is 3.57. The molecule has 1 N–H and O–H groups in total. The molecule has 1 aromatic rings. The summed E-state index contributed by atoms with van der Waals surface area (Å²) in [5, 5.41) is 5.52. The van der Waals surface area contributed by atoms with Crippen molar-refractivity contribution in [2.45, 2.75) is 6.92 Å². The Morgan fingerprint density at radius 2 is 2.46 bits per heavy atom. The summed E-state index contributed by atoms with van der Waals surface area (Å²) < 4.78 is 4.62. The van der Waals surface area contributed by atoms with Gasteiger partial charge in [-0.3, -0.25) is 4.79 Å². The Labute approximate surface area is 78.7 Å². The van der Waals surface area contributed by atoms with Gasteiger partial charge in [-0.05, 0) is 13.0 Å². The zero-order valence-corrected chi connectivity index (χ0v) is 7.59. The van der Waals surface area contributed by atoms with Crippen molar-refractivity contribution in [1.29, 1.82) is 0 Å². The van der Waals surface area contributed by atoms with Crippen LogP contribution in [0.3, 0.4) is 0 Å². The van der Waals surface area contributed by atoms with Crippen molar-refractivity contribution in [3.63, 3.8) is 0 Å². The highest BCUT2D eigenvalue weighted by Crippen LogP contribution is 2.02. The van der Waals surface area contributed by atoms with Gasteiger partial charge in [-0.25, -0.2) is 9.89 Å². The van der Waals surface area contributed by atoms with E-state index in [-0.39, 0.29) is 17.3 Å². The minimum absolute atomic E-state index is 0.0441. The van der Waals surface area contributed by atoms with Crippen molar-refractivity contribution in [3.05, 3.63) is 27.1 Å². The fraction of sp³-hybridized carbons (Fsp3) is 0.286. The number of halogens is 1. The highest BCUT2D eigenvalue weighted by atomic mass is 35.5. The number of rotatable bonds is 2. The number of ether oxygens (including phenoxy) is 1. The number of aromatic amines is 1. The van der Waals surface area contributed by atoms with Gasteiger partial charge in [-0.1, -0.05) is 11.6 Å². The first kappa shape index (κ1) is 9.73. The van der Waals surface area contributed by atoms with E-state index in [0.29, 0.717) is 0 Å². The van der Waals surface area contributed by atoms with Crippen LogP contribution in [0, 0.1) is 0 Å². The van der Waals surface area contributed by atoms with Gasteiger partial charge in [0.2, 0.25) is 0 Å². The Morgan fingerprint density at radius 1 is 1.77 bits per heavy atom. The summed E-state index contributed by atoms with van der Waals surface area (Å²) >= 11 is 5.47. The molecule has 0 radical (unpaired) electrons. The van der Waals surface area contributed by atoms with Gasteiger partial charge in [0.05, 0.1) is 6.61 Å². The molecule has 1 rings (SSSR count). The monoisotopic (exact) mass is 202 g/mol. The number of aromatic nitrogens is 2. The van der Waals surface area contributed by atoms with E-state index in [0.717, 1.165) is 0 Å². The summed E-state index contributed by atoms with van der Waals surface area (Å²) in [6, 6.07) is 1.17. The Hall–Kier alpha value is -1.36. The molecule has 0 saturated heterocycles. The van der Waals surface area contributed by atoms with Crippen LogP contribution in [-0.2, 0) is 4.74 Å². The molecule has 0 fully saturated rings. The molecule has 0 bridgehead atoms. The molecule has 0 spiro atoms. The number of nitrogens with one attached hydrogen (secondary N) is 1. The van der Waals surface area contributed by atoms with Crippen molar-refractivity contribution in [3.8, 4) is 0 Å². The summed E-state index contributed by atoms with van der Waals surface area (Å²) in [5.41, 5.74) is -0.746. The van der Waals surface area contributed by atoms with Crippen molar-refractivity contribution >= 4 is 17.6 Å². The van der Waals surface area contributed by atoms with Crippen molar-refractivity contribution < 1.29 is 9.53 Å². The number of nitrogens with zero attached hydrogens (tertiary/aromatic N) is 1. The molecular formula is C7H7ClN2O3. The van der Waals surface area contributed by atoms with Gasteiger partial charge in [0.25, 0.3) is 5.56 Å². The topological polar surface area (TPSA) is 72.0 Å². The number of H-pyrrole nitrogens is 1. The predicted octanol–water partition coefficient (Wildman–Crippen LogP) is 0.600. The lowest BCUT2D eigenvalue weighted by Gasteiger charge is -1.99. The Kier molecular flexibility index (Phi) is 3.02. The van der Waals surface area contributed by atoms with Gasteiger partial charge in [0.1, 0.15) is 10.7 Å². The molecule has 0 saturated carbocycles. The predicted molar refractivity (Wildman–Crippen MR) is 45.8 cm³/mol. The number of carbonyl (C=O) groups excluding carboxylic acids is 1. The van der Waals surface area contributed by atoms with Crippen LogP contribution in [0.4, 0.5) is 0 Å². The minimum atomic E-state index is -0.701. The molecule has 0 aliphatic carbocycles. The minimum Gasteiger partial charge on any atom is -0.462 e. The summed E-state index contributed by atoms with van der Waals surface area (Å²) in [6.45, 7) is 1.85. The lowest BCUT2D eigenvalue weighted by Crippen LogP contribution is -2.20. The second-order valence-electron chi connectivity index (χ2n) is 2.15. The van der Waals surface area contributed by atoms with E-state index in [4.69, 9.17) is 11.6 Å². The molecule has 0 unspecified atom stereocenters. The van der Waals surface area contributed by atoms with Crippen molar-refractivity contribution in [1.82, 2.24) is 10.2 Å². The third-order valence-corrected chi connectivity index (χ3v) is 1.46. The third-order valence-electron chi connectivity index (χ3n) is 1.27. The maximum absolute atomic E-state index is 11.1. The normalized spacial score (nSPS) is 9.69. The second kappa shape index (κ2) is 4.04. The quantitative estimate of drug-likeness (QED) is 0.713. The average Bonchev–Trinajstić information content (AvgIpc) is 2.09. The molecule has 0 atom stereocenters. The number of esters is 1. The van der Waals surface area contributed by atoms with Crippen LogP contribution in [0.2, 0.25) is 5.15 Å². The largest absolute Gasteiger partial charge is 0.462 e. The van der Waals surface area contributed by atoms with Crippen LogP contribution >= 0.6 is 11.6 Å². The van der Waals surface area contributed by atoms with Gasteiger partial charge in [-0.15, -0.1) is 0 Å². The molecule has 1 aromatic heterocycles. The molecule has 70 valence electrons. The molecule has 0 aliphatic rings. The maximum Gasteiger partial charge on any atom is 0.343 e. The van der Waals surface area contributed by atoms with Crippen LogP contribution in [0.5, 0.6) is 0 Å². The van der Waals surface area contributed by atoms with Crippen molar-refractivity contribution in [2.24, 2.45) is 0 Å². The summed E-state index contributed by atoms with van der Waals surface area (Å²) in [5.74, 6) is -0.701. The van der Waals surface area contributed by atoms with E-state index in [1.807, 2.05) is 0 Å². The second-order valence-corrected chi connectivity index (χ2v) is 2.54. The molecule has 1 heterocycles. The lowest BCUT2D eigenvalue weighted by atomic mass is 10.3. The smallest absolute Gasteiger partial charge is 0.343 e. The fourth-order valence-electron chi connectivity index (χ4n) is 0.742. The highest BCUT2D eigenvalue weighted by molar-refractivity contribution is 6.29. The van der Waals surface area contributed by atoms with Gasteiger partial charge in [0, 0.05) is 0 Å². The number of carbonyl (C=O) groups is 1. The van der Waals surface area contributed by atoms with E-state index in [2.05, 4.69) is 14.9 Å². The Morgan fingerprint density at radius 3 is 3.08 bits per heavy atom. The molecular weight excluding hydrogens is 196 g/mol. The summed E-state index contributed by atoms with van der Waals surface area (Å²) in [4.78, 5) is 22.1. The highest BCUT2D eigenvalue weighted by Gasteiger charge is 2.12. The third kappa shape index (κ3) is 2.29. The number of hydrogen-bond donors (Lipinski definition) is 1. The number of hydrogen-bond acceptors (Lipinski definition) is 4. The lowest BCUT2D eigenvalue weighted by molar-refractivity contribution is 0.0524. The summed E-state index contributed by atoms with van der Waals surface area (Å²) in [7, 11) is 0. The first-order valence-corrected chi connectivity index (χ1v) is 3.95. The van der Waals surface area contributed by atoms with Crippen molar-refractivity contribution in [2.75, 3.05) is 6.61 Å². The molecule has 0 amide bonds. The van der Waals surface area contributed by atoms with Crippen LogP contribution in [0.1, 0.15) is 17.3 Å². The first-order chi connectivity index (χ1) is 6.15. The summed E-state index contributed by atoms with van der Waals surface area (Å²) in [6.07, 6.45) is 0. The Balaban J connectivity index is 3.06. The molecule has 6 heteroatoms. The van der Waals surface area contributed by atoms with Crippen LogP contribution in [-0.4, -0.2) is 22.8 Å². The average molecular weight is 203 g/mol. The molecule has 0 aromatic carbocycles. The van der Waals surface area contributed by atoms with E-state index in [1.165, 1.54) is 6.07 Å². The van der Waals surface area contributed by atoms with E-state index in [9.17, 15) is 9.59 Å². The van der Waals surface area contributed by atoms with E-state index >= 15 is 0 Å². The van der Waals surface area contributed by atoms with Crippen LogP contribution in [0.15, 0.2) is 10.9 Å². The van der Waals surface area contributed by atoms with Gasteiger partial charge in [-0.2, -0.15) is 5.10 Å². The van der Waals surface area contributed by atoms with Gasteiger partial charge < -0.3 is 4.74 Å². The standard InChI is InChI=1S/C7H7ClN2O3/c1-2-13-7(12)4-3-5(8)9-10-6(4)11/h3H,2H2,1H3,(H,10,11). The van der Waals surface area contributed by atoms with Gasteiger partial charge in [0.15, 0.2) is 0 Å². The van der Waals surface area contributed by atoms with E-state index < -0.39 is 11.5 Å².